The van der Waals surface area contributed by atoms with Crippen LogP contribution in [0.3, 0.4) is 0 Å². The molecule has 0 radical (unpaired) electrons. The molecule has 0 fully saturated rings. The molecule has 2 aromatic heterocycles. The predicted octanol–water partition coefficient (Wildman–Crippen LogP) is 2.35. The molecule has 20 heavy (non-hydrogen) atoms. The van der Waals surface area contributed by atoms with Gasteiger partial charge >= 0.3 is 5.97 Å². The van der Waals surface area contributed by atoms with Gasteiger partial charge in [-0.25, -0.2) is 0 Å². The Bertz CT molecular complexity index is 621. The Morgan fingerprint density at radius 3 is 3.10 bits per heavy atom. The van der Waals surface area contributed by atoms with E-state index in [9.17, 15) is 4.79 Å². The van der Waals surface area contributed by atoms with Crippen LogP contribution in [-0.2, 0) is 16.1 Å². The Balaban J connectivity index is 2.07. The van der Waals surface area contributed by atoms with E-state index < -0.39 is 0 Å². The van der Waals surface area contributed by atoms with Gasteiger partial charge in [-0.1, -0.05) is 0 Å². The number of carbonyl (C=O) groups excluding carboxylic acids is 1. The Labute approximate surface area is 121 Å². The van der Waals surface area contributed by atoms with Crippen LogP contribution in [0.4, 0.5) is 0 Å². The summed E-state index contributed by atoms with van der Waals surface area (Å²) in [6, 6.07) is 3.76. The van der Waals surface area contributed by atoms with Crippen LogP contribution >= 0.6 is 12.2 Å². The molecule has 106 valence electrons. The maximum Gasteiger partial charge on any atom is 0.305 e. The monoisotopic (exact) mass is 292 g/mol. The van der Waals surface area contributed by atoms with Gasteiger partial charge in [0.05, 0.1) is 6.61 Å². The SMILES string of the molecule is CCOC(=O)CCCn1c(-c2cccnc2)n[nH]c1=S. The van der Waals surface area contributed by atoms with E-state index in [0.29, 0.717) is 30.8 Å². The van der Waals surface area contributed by atoms with Crippen molar-refractivity contribution in [2.75, 3.05) is 6.61 Å². The molecule has 0 aliphatic carbocycles. The smallest absolute Gasteiger partial charge is 0.305 e. The molecule has 0 bridgehead atoms. The van der Waals surface area contributed by atoms with Crippen molar-refractivity contribution in [3.63, 3.8) is 0 Å². The molecule has 0 unspecified atom stereocenters. The van der Waals surface area contributed by atoms with E-state index in [1.165, 1.54) is 0 Å². The maximum absolute atomic E-state index is 11.3. The number of aromatic nitrogens is 4. The zero-order valence-corrected chi connectivity index (χ0v) is 12.0. The van der Waals surface area contributed by atoms with Crippen LogP contribution in [0, 0.1) is 4.77 Å². The van der Waals surface area contributed by atoms with Crippen LogP contribution in [0.25, 0.3) is 11.4 Å². The lowest BCUT2D eigenvalue weighted by Gasteiger charge is -2.06. The van der Waals surface area contributed by atoms with Crippen molar-refractivity contribution >= 4 is 18.2 Å². The fourth-order valence-corrected chi connectivity index (χ4v) is 2.08. The van der Waals surface area contributed by atoms with Crippen LogP contribution in [0.5, 0.6) is 0 Å². The third-order valence-electron chi connectivity index (χ3n) is 2.75. The van der Waals surface area contributed by atoms with Gasteiger partial charge in [0.2, 0.25) is 0 Å². The number of hydrogen-bond acceptors (Lipinski definition) is 5. The molecule has 0 saturated heterocycles. The van der Waals surface area contributed by atoms with Gasteiger partial charge in [0.15, 0.2) is 10.6 Å². The Kier molecular flexibility index (Phi) is 5.00. The quantitative estimate of drug-likeness (QED) is 0.653. The third kappa shape index (κ3) is 3.51. The second kappa shape index (κ2) is 6.95. The molecule has 0 saturated carbocycles. The number of carbonyl (C=O) groups is 1. The average molecular weight is 292 g/mol. The highest BCUT2D eigenvalue weighted by Crippen LogP contribution is 2.16. The van der Waals surface area contributed by atoms with E-state index in [4.69, 9.17) is 17.0 Å². The van der Waals surface area contributed by atoms with Crippen molar-refractivity contribution in [2.45, 2.75) is 26.3 Å². The van der Waals surface area contributed by atoms with E-state index in [0.717, 1.165) is 11.4 Å². The van der Waals surface area contributed by atoms with Crippen LogP contribution in [-0.4, -0.2) is 32.3 Å². The number of pyridine rings is 1. The average Bonchev–Trinajstić information content (AvgIpc) is 2.82. The molecule has 0 amide bonds. The maximum atomic E-state index is 11.3. The molecule has 7 heteroatoms. The molecule has 2 heterocycles. The summed E-state index contributed by atoms with van der Waals surface area (Å²) < 4.78 is 7.30. The predicted molar refractivity (Wildman–Crippen MR) is 76.5 cm³/mol. The van der Waals surface area contributed by atoms with E-state index >= 15 is 0 Å². The van der Waals surface area contributed by atoms with E-state index in [1.54, 1.807) is 19.3 Å². The number of rotatable bonds is 6. The highest BCUT2D eigenvalue weighted by Gasteiger charge is 2.09. The summed E-state index contributed by atoms with van der Waals surface area (Å²) >= 11 is 5.21. The van der Waals surface area contributed by atoms with Crippen molar-refractivity contribution in [3.8, 4) is 11.4 Å². The van der Waals surface area contributed by atoms with Gasteiger partial charge in [0.25, 0.3) is 0 Å². The van der Waals surface area contributed by atoms with Gasteiger partial charge < -0.3 is 9.30 Å². The number of ether oxygens (including phenoxy) is 1. The van der Waals surface area contributed by atoms with Crippen LogP contribution in [0.1, 0.15) is 19.8 Å². The molecule has 1 N–H and O–H groups in total. The first-order valence-corrected chi connectivity index (χ1v) is 6.84. The first kappa shape index (κ1) is 14.4. The topological polar surface area (TPSA) is 72.8 Å². The van der Waals surface area contributed by atoms with Crippen molar-refractivity contribution in [2.24, 2.45) is 0 Å². The van der Waals surface area contributed by atoms with Gasteiger partial charge in [-0.2, -0.15) is 5.10 Å². The number of nitrogens with one attached hydrogen (secondary N) is 1. The molecular weight excluding hydrogens is 276 g/mol. The van der Waals surface area contributed by atoms with Crippen molar-refractivity contribution in [1.29, 1.82) is 0 Å². The summed E-state index contributed by atoms with van der Waals surface area (Å²) in [5, 5.41) is 6.98. The zero-order chi connectivity index (χ0) is 14.4. The highest BCUT2D eigenvalue weighted by atomic mass is 32.1. The first-order valence-electron chi connectivity index (χ1n) is 6.43. The number of nitrogens with zero attached hydrogens (tertiary/aromatic N) is 3. The molecule has 0 aromatic carbocycles. The lowest BCUT2D eigenvalue weighted by Crippen LogP contribution is -2.07. The van der Waals surface area contributed by atoms with E-state index in [-0.39, 0.29) is 5.97 Å². The Hall–Kier alpha value is -2.02. The molecule has 0 aliphatic rings. The largest absolute Gasteiger partial charge is 0.466 e. The van der Waals surface area contributed by atoms with Gasteiger partial charge in [-0.3, -0.25) is 14.9 Å². The van der Waals surface area contributed by atoms with Gasteiger partial charge in [-0.05, 0) is 37.7 Å². The zero-order valence-electron chi connectivity index (χ0n) is 11.2. The fraction of sp³-hybridized carbons (Fsp3) is 0.385. The van der Waals surface area contributed by atoms with Crippen molar-refractivity contribution in [3.05, 3.63) is 29.3 Å². The number of hydrogen-bond donors (Lipinski definition) is 1. The number of esters is 1. The first-order chi connectivity index (χ1) is 9.72. The van der Waals surface area contributed by atoms with Crippen molar-refractivity contribution in [1.82, 2.24) is 19.7 Å². The molecular formula is C13H16N4O2S. The Morgan fingerprint density at radius 2 is 2.40 bits per heavy atom. The van der Waals surface area contributed by atoms with Crippen LogP contribution in [0.15, 0.2) is 24.5 Å². The van der Waals surface area contributed by atoms with Crippen molar-refractivity contribution < 1.29 is 9.53 Å². The van der Waals surface area contributed by atoms with Crippen LogP contribution < -0.4 is 0 Å². The minimum absolute atomic E-state index is 0.189. The molecule has 0 atom stereocenters. The standard InChI is InChI=1S/C13H16N4O2S/c1-2-19-11(18)6-4-8-17-12(15-16-13(17)20)10-5-3-7-14-9-10/h3,5,7,9H,2,4,6,8H2,1H3,(H,16,20). The second-order valence-electron chi connectivity index (χ2n) is 4.15. The molecule has 6 nitrogen and oxygen atoms in total. The molecule has 2 aromatic rings. The number of H-pyrrole nitrogens is 1. The molecule has 2 rings (SSSR count). The minimum Gasteiger partial charge on any atom is -0.466 e. The Morgan fingerprint density at radius 1 is 1.55 bits per heavy atom. The highest BCUT2D eigenvalue weighted by molar-refractivity contribution is 7.71. The van der Waals surface area contributed by atoms with E-state index in [1.807, 2.05) is 16.7 Å². The van der Waals surface area contributed by atoms with Gasteiger partial charge in [-0.15, -0.1) is 0 Å². The summed E-state index contributed by atoms with van der Waals surface area (Å²) in [5.41, 5.74) is 0.885. The summed E-state index contributed by atoms with van der Waals surface area (Å²) in [5.74, 6) is 0.539. The molecule has 0 aliphatic heterocycles. The normalized spacial score (nSPS) is 10.4. The summed E-state index contributed by atoms with van der Waals surface area (Å²) in [6.45, 7) is 2.81. The second-order valence-corrected chi connectivity index (χ2v) is 4.54. The van der Waals surface area contributed by atoms with Crippen LogP contribution in [0.2, 0.25) is 0 Å². The summed E-state index contributed by atoms with van der Waals surface area (Å²) in [6.07, 6.45) is 4.45. The minimum atomic E-state index is -0.189. The third-order valence-corrected chi connectivity index (χ3v) is 3.06. The van der Waals surface area contributed by atoms with E-state index in [2.05, 4.69) is 15.2 Å². The summed E-state index contributed by atoms with van der Waals surface area (Å²) in [7, 11) is 0. The number of aromatic amines is 1. The lowest BCUT2D eigenvalue weighted by molar-refractivity contribution is -0.143. The van der Waals surface area contributed by atoms with Gasteiger partial charge in [0, 0.05) is 30.9 Å². The lowest BCUT2D eigenvalue weighted by atomic mass is 10.2. The summed E-state index contributed by atoms with van der Waals surface area (Å²) in [4.78, 5) is 15.4. The fourth-order valence-electron chi connectivity index (χ4n) is 1.86. The molecule has 0 spiro atoms. The van der Waals surface area contributed by atoms with Gasteiger partial charge in [0.1, 0.15) is 0 Å².